The van der Waals surface area contributed by atoms with Gasteiger partial charge in [-0.1, -0.05) is 0 Å². The van der Waals surface area contributed by atoms with Crippen LogP contribution in [0.1, 0.15) is 17.7 Å². The van der Waals surface area contributed by atoms with Crippen molar-refractivity contribution >= 4 is 28.7 Å². The van der Waals surface area contributed by atoms with Crippen LogP contribution in [0.2, 0.25) is 0 Å². The average Bonchev–Trinajstić information content (AvgIpc) is 3.42. The van der Waals surface area contributed by atoms with E-state index in [2.05, 4.69) is 15.0 Å². The summed E-state index contributed by atoms with van der Waals surface area (Å²) in [6, 6.07) is 6.39. The third kappa shape index (κ3) is 3.78. The lowest BCUT2D eigenvalue weighted by molar-refractivity contribution is -0.151. The number of imidazole rings is 1. The third-order valence-electron chi connectivity index (χ3n) is 6.86. The van der Waals surface area contributed by atoms with Crippen molar-refractivity contribution < 1.29 is 27.4 Å². The van der Waals surface area contributed by atoms with Gasteiger partial charge in [-0.15, -0.1) is 16.4 Å². The number of halogens is 3. The molecule has 6 rings (SSSR count). The Morgan fingerprint density at radius 1 is 1.12 bits per heavy atom. The standard InChI is InChI=1S/C22H22F3N5O3S/c23-22(24,25)17-2-1-16(34-17)15-9-26-18-3-4-19(27-30(15)18)29-13-21(33-12-20(29)31)5-7-28(8-6-21)14-10-32-11-14/h1-4,9,14H,5-8,10-13H2. The zero-order valence-electron chi connectivity index (χ0n) is 18.1. The van der Waals surface area contributed by atoms with Gasteiger partial charge in [0.15, 0.2) is 11.5 Å². The maximum atomic E-state index is 13.1. The van der Waals surface area contributed by atoms with E-state index in [4.69, 9.17) is 9.47 Å². The monoisotopic (exact) mass is 493 g/mol. The first-order valence-corrected chi connectivity index (χ1v) is 11.9. The molecule has 0 radical (unpaired) electrons. The molecule has 3 saturated heterocycles. The summed E-state index contributed by atoms with van der Waals surface area (Å²) in [7, 11) is 0. The van der Waals surface area contributed by atoms with Crippen LogP contribution >= 0.6 is 11.3 Å². The van der Waals surface area contributed by atoms with Crippen LogP contribution in [0.4, 0.5) is 19.0 Å². The summed E-state index contributed by atoms with van der Waals surface area (Å²) in [6.45, 7) is 3.67. The average molecular weight is 494 g/mol. The highest BCUT2D eigenvalue weighted by molar-refractivity contribution is 7.15. The number of amides is 1. The van der Waals surface area contributed by atoms with Crippen LogP contribution in [-0.4, -0.2) is 76.5 Å². The van der Waals surface area contributed by atoms with Gasteiger partial charge in [-0.05, 0) is 37.1 Å². The number of aromatic nitrogens is 3. The molecule has 8 nitrogen and oxygen atoms in total. The summed E-state index contributed by atoms with van der Waals surface area (Å²) < 4.78 is 52.1. The number of alkyl halides is 3. The minimum atomic E-state index is -4.40. The molecular formula is C22H22F3N5O3S. The minimum Gasteiger partial charge on any atom is -0.378 e. The van der Waals surface area contributed by atoms with E-state index in [-0.39, 0.29) is 12.5 Å². The highest BCUT2D eigenvalue weighted by Gasteiger charge is 2.44. The molecule has 0 saturated carbocycles. The van der Waals surface area contributed by atoms with Crippen molar-refractivity contribution in [2.75, 3.05) is 44.4 Å². The molecule has 3 aliphatic heterocycles. The molecule has 0 aliphatic carbocycles. The summed E-state index contributed by atoms with van der Waals surface area (Å²) in [6.07, 6.45) is -1.29. The summed E-state index contributed by atoms with van der Waals surface area (Å²) in [5.74, 6) is 0.242. The van der Waals surface area contributed by atoms with Crippen molar-refractivity contribution in [3.63, 3.8) is 0 Å². The van der Waals surface area contributed by atoms with Gasteiger partial charge in [0.1, 0.15) is 17.2 Å². The molecule has 3 aromatic heterocycles. The van der Waals surface area contributed by atoms with Crippen molar-refractivity contribution in [2.45, 2.75) is 30.7 Å². The SMILES string of the molecule is O=C1COC2(CCN(C3COC3)CC2)CN1c1ccc2ncc(-c3ccc(C(F)(F)F)s3)n2n1. The molecule has 0 atom stereocenters. The lowest BCUT2D eigenvalue weighted by Gasteiger charge is -2.49. The van der Waals surface area contributed by atoms with E-state index in [1.807, 2.05) is 0 Å². The Hall–Kier alpha value is -2.54. The number of rotatable bonds is 3. The molecule has 1 spiro atoms. The number of ether oxygens (including phenoxy) is 2. The highest BCUT2D eigenvalue weighted by Crippen LogP contribution is 2.39. The topological polar surface area (TPSA) is 72.2 Å². The van der Waals surface area contributed by atoms with Crippen molar-refractivity contribution in [1.82, 2.24) is 19.5 Å². The Labute approximate surface area is 196 Å². The lowest BCUT2D eigenvalue weighted by Crippen LogP contribution is -2.61. The van der Waals surface area contributed by atoms with Crippen molar-refractivity contribution in [2.24, 2.45) is 0 Å². The minimum absolute atomic E-state index is 0.0249. The summed E-state index contributed by atoms with van der Waals surface area (Å²) in [5, 5.41) is 4.60. The molecule has 0 bridgehead atoms. The van der Waals surface area contributed by atoms with E-state index in [0.717, 1.165) is 45.2 Å². The van der Waals surface area contributed by atoms with Gasteiger partial charge in [0.05, 0.1) is 42.5 Å². The number of anilines is 1. The predicted octanol–water partition coefficient (Wildman–Crippen LogP) is 3.07. The van der Waals surface area contributed by atoms with E-state index in [9.17, 15) is 18.0 Å². The van der Waals surface area contributed by atoms with Crippen LogP contribution in [0.25, 0.3) is 16.2 Å². The van der Waals surface area contributed by atoms with E-state index in [0.29, 0.717) is 46.0 Å². The van der Waals surface area contributed by atoms with Crippen molar-refractivity contribution in [3.05, 3.63) is 35.3 Å². The van der Waals surface area contributed by atoms with Crippen LogP contribution in [0, 0.1) is 0 Å². The molecule has 3 fully saturated rings. The first-order valence-electron chi connectivity index (χ1n) is 11.1. The van der Waals surface area contributed by atoms with E-state index >= 15 is 0 Å². The number of piperidine rings is 1. The smallest absolute Gasteiger partial charge is 0.378 e. The Bertz CT molecular complexity index is 1230. The fraction of sp³-hybridized carbons (Fsp3) is 0.500. The number of fused-ring (bicyclic) bond motifs is 1. The van der Waals surface area contributed by atoms with Gasteiger partial charge < -0.3 is 9.47 Å². The van der Waals surface area contributed by atoms with E-state index < -0.39 is 16.7 Å². The number of thiophene rings is 1. The highest BCUT2D eigenvalue weighted by atomic mass is 32.1. The second-order valence-electron chi connectivity index (χ2n) is 8.95. The molecule has 34 heavy (non-hydrogen) atoms. The van der Waals surface area contributed by atoms with Gasteiger partial charge in [-0.2, -0.15) is 13.2 Å². The molecule has 1 amide bonds. The van der Waals surface area contributed by atoms with Gasteiger partial charge in [0.2, 0.25) is 0 Å². The number of nitrogens with zero attached hydrogens (tertiary/aromatic N) is 5. The number of carbonyl (C=O) groups excluding carboxylic acids is 1. The summed E-state index contributed by atoms with van der Waals surface area (Å²) >= 11 is 0.641. The van der Waals surface area contributed by atoms with Crippen LogP contribution < -0.4 is 4.90 Å². The third-order valence-corrected chi connectivity index (χ3v) is 8.01. The van der Waals surface area contributed by atoms with Crippen LogP contribution in [0.5, 0.6) is 0 Å². The quantitative estimate of drug-likeness (QED) is 0.559. The molecular weight excluding hydrogens is 471 g/mol. The van der Waals surface area contributed by atoms with Gasteiger partial charge >= 0.3 is 6.18 Å². The first-order chi connectivity index (χ1) is 16.3. The number of hydrogen-bond donors (Lipinski definition) is 0. The van der Waals surface area contributed by atoms with Gasteiger partial charge in [-0.3, -0.25) is 14.6 Å². The normalized spacial score (nSPS) is 22.0. The number of carbonyl (C=O) groups is 1. The molecule has 3 aliphatic rings. The van der Waals surface area contributed by atoms with Crippen LogP contribution in [-0.2, 0) is 20.4 Å². The Morgan fingerprint density at radius 2 is 1.91 bits per heavy atom. The van der Waals surface area contributed by atoms with Crippen molar-refractivity contribution in [1.29, 1.82) is 0 Å². The fourth-order valence-electron chi connectivity index (χ4n) is 4.76. The second kappa shape index (κ2) is 8.01. The number of hydrogen-bond acceptors (Lipinski definition) is 7. The molecule has 3 aromatic rings. The molecule has 0 aromatic carbocycles. The largest absolute Gasteiger partial charge is 0.425 e. The first kappa shape index (κ1) is 22.0. The van der Waals surface area contributed by atoms with Crippen LogP contribution in [0.15, 0.2) is 30.5 Å². The molecule has 180 valence electrons. The second-order valence-corrected chi connectivity index (χ2v) is 10.0. The number of morpholine rings is 1. The zero-order chi connectivity index (χ0) is 23.5. The molecule has 12 heteroatoms. The summed E-state index contributed by atoms with van der Waals surface area (Å²) in [4.78, 5) is 20.8. The van der Waals surface area contributed by atoms with E-state index in [1.165, 1.54) is 16.8 Å². The maximum absolute atomic E-state index is 13.1. The molecule has 6 heterocycles. The fourth-order valence-corrected chi connectivity index (χ4v) is 5.63. The van der Waals surface area contributed by atoms with Crippen LogP contribution in [0.3, 0.4) is 0 Å². The van der Waals surface area contributed by atoms with Gasteiger partial charge in [0, 0.05) is 13.1 Å². The summed E-state index contributed by atoms with van der Waals surface area (Å²) in [5.41, 5.74) is 0.509. The van der Waals surface area contributed by atoms with Crippen molar-refractivity contribution in [3.8, 4) is 10.6 Å². The molecule has 0 N–H and O–H groups in total. The van der Waals surface area contributed by atoms with Gasteiger partial charge in [-0.25, -0.2) is 9.50 Å². The Kier molecular flexibility index (Phi) is 5.17. The van der Waals surface area contributed by atoms with E-state index in [1.54, 1.807) is 17.0 Å². The Balaban J connectivity index is 1.27. The predicted molar refractivity (Wildman–Crippen MR) is 118 cm³/mol. The maximum Gasteiger partial charge on any atom is 0.425 e. The molecule has 0 unspecified atom stereocenters. The lowest BCUT2D eigenvalue weighted by atomic mass is 9.88. The zero-order valence-corrected chi connectivity index (χ0v) is 18.9. The number of likely N-dealkylation sites (tertiary alicyclic amines) is 1. The Morgan fingerprint density at radius 3 is 2.59 bits per heavy atom. The van der Waals surface area contributed by atoms with Gasteiger partial charge in [0.25, 0.3) is 5.91 Å².